The van der Waals surface area contributed by atoms with Crippen molar-refractivity contribution in [3.8, 4) is 16.9 Å². The molecule has 0 amide bonds. The molecule has 1 aromatic carbocycles. The fourth-order valence-electron chi connectivity index (χ4n) is 2.34. The number of hydrogen-bond donors (Lipinski definition) is 1. The summed E-state index contributed by atoms with van der Waals surface area (Å²) in [6, 6.07) is 7.83. The Bertz CT molecular complexity index is 559. The van der Waals surface area contributed by atoms with E-state index in [1.807, 2.05) is 24.3 Å². The van der Waals surface area contributed by atoms with Crippen LogP contribution in [0.3, 0.4) is 0 Å². The molecule has 3 rings (SSSR count). The van der Waals surface area contributed by atoms with Gasteiger partial charge in [0.1, 0.15) is 5.75 Å². The van der Waals surface area contributed by atoms with Crippen LogP contribution >= 0.6 is 0 Å². The van der Waals surface area contributed by atoms with Crippen LogP contribution in [0.4, 0.5) is 5.88 Å². The highest BCUT2D eigenvalue weighted by Gasteiger charge is 2.28. The SMILES string of the molecule is COc1cccc(-c2c(C3CCC3)noc2N)c1. The van der Waals surface area contributed by atoms with E-state index in [0.717, 1.165) is 22.6 Å². The molecule has 0 atom stereocenters. The predicted molar refractivity (Wildman–Crippen MR) is 69.5 cm³/mol. The Morgan fingerprint density at radius 2 is 2.22 bits per heavy atom. The van der Waals surface area contributed by atoms with E-state index in [0.29, 0.717) is 11.8 Å². The lowest BCUT2D eigenvalue weighted by atomic mass is 9.80. The number of aromatic nitrogens is 1. The zero-order valence-electron chi connectivity index (χ0n) is 10.3. The van der Waals surface area contributed by atoms with Crippen LogP contribution in [0.15, 0.2) is 28.8 Å². The van der Waals surface area contributed by atoms with E-state index in [9.17, 15) is 0 Å². The summed E-state index contributed by atoms with van der Waals surface area (Å²) in [5, 5.41) is 4.13. The molecule has 1 heterocycles. The second kappa shape index (κ2) is 4.37. The lowest BCUT2D eigenvalue weighted by molar-refractivity contribution is 0.369. The first-order valence-corrected chi connectivity index (χ1v) is 6.19. The van der Waals surface area contributed by atoms with Gasteiger partial charge in [-0.1, -0.05) is 23.7 Å². The van der Waals surface area contributed by atoms with E-state index in [4.69, 9.17) is 15.0 Å². The maximum absolute atomic E-state index is 5.91. The van der Waals surface area contributed by atoms with Crippen LogP contribution in [-0.4, -0.2) is 12.3 Å². The van der Waals surface area contributed by atoms with E-state index >= 15 is 0 Å². The summed E-state index contributed by atoms with van der Waals surface area (Å²) in [6.45, 7) is 0. The zero-order chi connectivity index (χ0) is 12.5. The molecule has 0 aliphatic heterocycles. The number of nitrogens with two attached hydrogens (primary N) is 1. The maximum Gasteiger partial charge on any atom is 0.230 e. The van der Waals surface area contributed by atoms with Gasteiger partial charge >= 0.3 is 0 Å². The van der Waals surface area contributed by atoms with Crippen LogP contribution in [0, 0.1) is 0 Å². The number of hydrogen-bond acceptors (Lipinski definition) is 4. The van der Waals surface area contributed by atoms with E-state index < -0.39 is 0 Å². The summed E-state index contributed by atoms with van der Waals surface area (Å²) in [4.78, 5) is 0. The van der Waals surface area contributed by atoms with Gasteiger partial charge < -0.3 is 15.0 Å². The van der Waals surface area contributed by atoms with Gasteiger partial charge in [0.05, 0.1) is 18.4 Å². The Labute approximate surface area is 106 Å². The molecule has 1 aliphatic carbocycles. The number of ether oxygens (including phenoxy) is 1. The zero-order valence-corrected chi connectivity index (χ0v) is 10.3. The second-order valence-corrected chi connectivity index (χ2v) is 4.67. The molecule has 4 nitrogen and oxygen atoms in total. The molecule has 2 aromatic rings. The quantitative estimate of drug-likeness (QED) is 0.900. The number of anilines is 1. The van der Waals surface area contributed by atoms with Crippen molar-refractivity contribution in [3.05, 3.63) is 30.0 Å². The van der Waals surface area contributed by atoms with Gasteiger partial charge in [-0.15, -0.1) is 0 Å². The van der Waals surface area contributed by atoms with Gasteiger partial charge in [0, 0.05) is 5.92 Å². The van der Waals surface area contributed by atoms with Crippen molar-refractivity contribution in [1.29, 1.82) is 0 Å². The highest BCUT2D eigenvalue weighted by Crippen LogP contribution is 2.43. The molecule has 0 saturated heterocycles. The summed E-state index contributed by atoms with van der Waals surface area (Å²) in [5.74, 6) is 1.70. The smallest absolute Gasteiger partial charge is 0.230 e. The van der Waals surface area contributed by atoms with Crippen molar-refractivity contribution in [1.82, 2.24) is 5.16 Å². The molecule has 4 heteroatoms. The van der Waals surface area contributed by atoms with Crippen LogP contribution in [0.5, 0.6) is 5.75 Å². The Balaban J connectivity index is 2.06. The van der Waals surface area contributed by atoms with E-state index in [1.165, 1.54) is 19.3 Å². The standard InChI is InChI=1S/C14H16N2O2/c1-17-11-7-3-6-10(8-11)12-13(9-4-2-5-9)16-18-14(12)15/h3,6-9H,2,4-5,15H2,1H3. The van der Waals surface area contributed by atoms with Crippen molar-refractivity contribution < 1.29 is 9.26 Å². The Hall–Kier alpha value is -1.97. The largest absolute Gasteiger partial charge is 0.497 e. The summed E-state index contributed by atoms with van der Waals surface area (Å²) in [5.41, 5.74) is 8.84. The third-order valence-corrected chi connectivity index (χ3v) is 3.60. The van der Waals surface area contributed by atoms with E-state index in [1.54, 1.807) is 7.11 Å². The van der Waals surface area contributed by atoms with Gasteiger partial charge in [0.15, 0.2) is 0 Å². The number of nitrogen functional groups attached to an aromatic ring is 1. The molecular weight excluding hydrogens is 228 g/mol. The summed E-state index contributed by atoms with van der Waals surface area (Å²) < 4.78 is 10.4. The molecule has 1 fully saturated rings. The highest BCUT2D eigenvalue weighted by molar-refractivity contribution is 5.76. The first-order chi connectivity index (χ1) is 8.79. The monoisotopic (exact) mass is 244 g/mol. The summed E-state index contributed by atoms with van der Waals surface area (Å²) >= 11 is 0. The fraction of sp³-hybridized carbons (Fsp3) is 0.357. The minimum atomic E-state index is 0.394. The second-order valence-electron chi connectivity index (χ2n) is 4.67. The van der Waals surface area contributed by atoms with E-state index in [-0.39, 0.29) is 0 Å². The van der Waals surface area contributed by atoms with Crippen molar-refractivity contribution in [2.24, 2.45) is 0 Å². The minimum absolute atomic E-state index is 0.394. The third-order valence-electron chi connectivity index (χ3n) is 3.60. The first-order valence-electron chi connectivity index (χ1n) is 6.19. The molecule has 94 valence electrons. The van der Waals surface area contributed by atoms with Gasteiger partial charge in [-0.3, -0.25) is 0 Å². The van der Waals surface area contributed by atoms with E-state index in [2.05, 4.69) is 5.16 Å². The lowest BCUT2D eigenvalue weighted by Crippen LogP contribution is -2.10. The Morgan fingerprint density at radius 1 is 1.39 bits per heavy atom. The number of benzene rings is 1. The molecule has 0 unspecified atom stereocenters. The van der Waals surface area contributed by atoms with Crippen molar-refractivity contribution in [2.75, 3.05) is 12.8 Å². The molecule has 2 N–H and O–H groups in total. The van der Waals surface area contributed by atoms with Crippen molar-refractivity contribution >= 4 is 5.88 Å². The Morgan fingerprint density at radius 3 is 2.89 bits per heavy atom. The summed E-state index contributed by atoms with van der Waals surface area (Å²) in [6.07, 6.45) is 3.60. The van der Waals surface area contributed by atoms with Crippen molar-refractivity contribution in [2.45, 2.75) is 25.2 Å². The Kier molecular flexibility index (Phi) is 2.70. The van der Waals surface area contributed by atoms with Gasteiger partial charge in [-0.25, -0.2) is 0 Å². The highest BCUT2D eigenvalue weighted by atomic mass is 16.5. The molecule has 0 bridgehead atoms. The van der Waals surface area contributed by atoms with Gasteiger partial charge in [-0.05, 0) is 30.5 Å². The normalized spacial score (nSPS) is 15.4. The molecule has 1 aliphatic rings. The van der Waals surface area contributed by atoms with Crippen LogP contribution in [0.25, 0.3) is 11.1 Å². The first kappa shape index (κ1) is 11.1. The minimum Gasteiger partial charge on any atom is -0.497 e. The fourth-order valence-corrected chi connectivity index (χ4v) is 2.34. The topological polar surface area (TPSA) is 61.3 Å². The van der Waals surface area contributed by atoms with Gasteiger partial charge in [0.2, 0.25) is 5.88 Å². The third kappa shape index (κ3) is 1.74. The molecule has 0 radical (unpaired) electrons. The molecule has 1 saturated carbocycles. The van der Waals surface area contributed by atoms with Crippen LogP contribution in [-0.2, 0) is 0 Å². The lowest BCUT2D eigenvalue weighted by Gasteiger charge is -2.23. The molecule has 0 spiro atoms. The van der Waals surface area contributed by atoms with Crippen molar-refractivity contribution in [3.63, 3.8) is 0 Å². The van der Waals surface area contributed by atoms with Crippen LogP contribution < -0.4 is 10.5 Å². The molecule has 18 heavy (non-hydrogen) atoms. The maximum atomic E-state index is 5.91. The number of rotatable bonds is 3. The van der Waals surface area contributed by atoms with Gasteiger partial charge in [0.25, 0.3) is 0 Å². The molecule has 1 aromatic heterocycles. The molecular formula is C14H16N2O2. The average molecular weight is 244 g/mol. The summed E-state index contributed by atoms with van der Waals surface area (Å²) in [7, 11) is 1.66. The van der Waals surface area contributed by atoms with Crippen LogP contribution in [0.2, 0.25) is 0 Å². The van der Waals surface area contributed by atoms with Gasteiger partial charge in [-0.2, -0.15) is 0 Å². The van der Waals surface area contributed by atoms with Crippen LogP contribution in [0.1, 0.15) is 30.9 Å². The number of nitrogens with zero attached hydrogens (tertiary/aromatic N) is 1. The predicted octanol–water partition coefficient (Wildman–Crippen LogP) is 3.20. The number of methoxy groups -OCH3 is 1. The average Bonchev–Trinajstić information content (AvgIpc) is 2.69.